The van der Waals surface area contributed by atoms with E-state index in [4.69, 9.17) is 35.3 Å². The Hall–Kier alpha value is -2.44. The highest BCUT2D eigenvalue weighted by Crippen LogP contribution is 2.31. The van der Waals surface area contributed by atoms with E-state index in [1.165, 1.54) is 0 Å². The lowest BCUT2D eigenvalue weighted by molar-refractivity contribution is -0.325. The maximum absolute atomic E-state index is 11.6. The number of halogens is 1. The third kappa shape index (κ3) is 7.48. The minimum Gasteiger partial charge on any atom is -0.455 e. The Balaban J connectivity index is 3.39. The Morgan fingerprint density at radius 3 is 1.72 bits per heavy atom. The largest absolute Gasteiger partial charge is 0.455 e. The van der Waals surface area contributed by atoms with Crippen molar-refractivity contribution in [3.05, 3.63) is 0 Å². The maximum Gasteiger partial charge on any atom is 0.323 e. The number of aliphatic hydroxyl groups excluding tert-OH is 1. The van der Waals surface area contributed by atoms with Crippen LogP contribution in [0.25, 0.3) is 0 Å². The van der Waals surface area contributed by atoms with Crippen molar-refractivity contribution in [2.75, 3.05) is 5.88 Å². The zero-order valence-corrected chi connectivity index (χ0v) is 16.7. The highest BCUT2D eigenvalue weighted by atomic mass is 35.5. The number of carbonyl (C=O) groups excluding carboxylic acids is 5. The van der Waals surface area contributed by atoms with Gasteiger partial charge in [-0.1, -0.05) is 0 Å². The van der Waals surface area contributed by atoms with Crippen molar-refractivity contribution in [2.24, 2.45) is 0 Å². The predicted octanol–water partition coefficient (Wildman–Crippen LogP) is -0.830. The van der Waals surface area contributed by atoms with E-state index in [2.05, 4.69) is 4.74 Å². The molecule has 0 aromatic carbocycles. The van der Waals surface area contributed by atoms with Crippen molar-refractivity contribution in [3.8, 4) is 0 Å². The second-order valence-electron chi connectivity index (χ2n) is 5.81. The Morgan fingerprint density at radius 1 is 0.828 bits per heavy atom. The van der Waals surface area contributed by atoms with Crippen molar-refractivity contribution in [2.45, 2.75) is 64.7 Å². The molecule has 6 atom stereocenters. The predicted molar refractivity (Wildman–Crippen MR) is 89.9 cm³/mol. The summed E-state index contributed by atoms with van der Waals surface area (Å²) >= 11 is 5.32. The van der Waals surface area contributed by atoms with Crippen LogP contribution in [0.5, 0.6) is 0 Å². The van der Waals surface area contributed by atoms with Crippen LogP contribution in [0.1, 0.15) is 27.7 Å². The molecule has 1 rings (SSSR count). The fourth-order valence-electron chi connectivity index (χ4n) is 2.53. The molecule has 0 saturated carbocycles. The quantitative estimate of drug-likeness (QED) is 0.227. The molecule has 1 heterocycles. The highest BCUT2D eigenvalue weighted by Gasteiger charge is 2.56. The second kappa shape index (κ2) is 10.9. The fourth-order valence-corrected chi connectivity index (χ4v) is 2.59. The van der Waals surface area contributed by atoms with E-state index in [0.29, 0.717) is 0 Å². The van der Waals surface area contributed by atoms with Gasteiger partial charge in [0, 0.05) is 27.7 Å². The van der Waals surface area contributed by atoms with Crippen molar-refractivity contribution in [1.82, 2.24) is 0 Å². The average molecular weight is 441 g/mol. The lowest BCUT2D eigenvalue weighted by Crippen LogP contribution is -2.65. The zero-order chi connectivity index (χ0) is 22.3. The Kier molecular flexibility index (Phi) is 9.27. The number of hydrogen-bond donors (Lipinski definition) is 1. The molecular formula is C16H21ClO12. The molecule has 1 unspecified atom stereocenters. The van der Waals surface area contributed by atoms with Gasteiger partial charge in [-0.15, -0.1) is 11.6 Å². The molecule has 0 aromatic heterocycles. The van der Waals surface area contributed by atoms with Gasteiger partial charge >= 0.3 is 29.8 Å². The molecule has 0 radical (unpaired) electrons. The van der Waals surface area contributed by atoms with Crippen LogP contribution in [0, 0.1) is 0 Å². The molecular weight excluding hydrogens is 420 g/mol. The van der Waals surface area contributed by atoms with Gasteiger partial charge in [0.1, 0.15) is 5.88 Å². The van der Waals surface area contributed by atoms with E-state index in [1.54, 1.807) is 0 Å². The molecule has 1 N–H and O–H groups in total. The first kappa shape index (κ1) is 24.6. The standard InChI is InChI=1S/C16H21ClO12/c1-6(18)24-11-12(25-7(2)19)14(26-8(3)20)16(27-9(4)21)29-13(11)15(23)28-10(22)5-17/h11-16,23H,5H2,1-4H3/t11-,12-,13-,14+,15?,16+/m0/s1. The Morgan fingerprint density at radius 2 is 1.28 bits per heavy atom. The summed E-state index contributed by atoms with van der Waals surface area (Å²) in [6.07, 6.45) is -10.2. The first-order valence-corrected chi connectivity index (χ1v) is 8.77. The number of carbonyl (C=O) groups is 5. The topological polar surface area (TPSA) is 161 Å². The van der Waals surface area contributed by atoms with Gasteiger partial charge < -0.3 is 33.5 Å². The van der Waals surface area contributed by atoms with Crippen LogP contribution in [-0.2, 0) is 52.4 Å². The van der Waals surface area contributed by atoms with Gasteiger partial charge in [-0.25, -0.2) is 0 Å². The molecule has 12 nitrogen and oxygen atoms in total. The van der Waals surface area contributed by atoms with Crippen LogP contribution in [0.4, 0.5) is 0 Å². The Labute approximate surface area is 170 Å². The minimum atomic E-state index is -2.07. The summed E-state index contributed by atoms with van der Waals surface area (Å²) in [7, 11) is 0. The van der Waals surface area contributed by atoms with Gasteiger partial charge in [-0.2, -0.15) is 0 Å². The molecule has 1 fully saturated rings. The van der Waals surface area contributed by atoms with Crippen LogP contribution in [0.3, 0.4) is 0 Å². The summed E-state index contributed by atoms with van der Waals surface area (Å²) in [6, 6.07) is 0. The van der Waals surface area contributed by atoms with Crippen LogP contribution in [-0.4, -0.2) is 77.8 Å². The van der Waals surface area contributed by atoms with Crippen LogP contribution in [0.2, 0.25) is 0 Å². The molecule has 1 saturated heterocycles. The van der Waals surface area contributed by atoms with Crippen molar-refractivity contribution < 1.29 is 57.5 Å². The summed E-state index contributed by atoms with van der Waals surface area (Å²) in [5.74, 6) is -5.14. The Bertz CT molecular complexity index is 650. The average Bonchev–Trinajstić information content (AvgIpc) is 2.57. The summed E-state index contributed by atoms with van der Waals surface area (Å²) in [5.41, 5.74) is 0. The maximum atomic E-state index is 11.6. The lowest BCUT2D eigenvalue weighted by Gasteiger charge is -2.44. The van der Waals surface area contributed by atoms with Crippen LogP contribution >= 0.6 is 11.6 Å². The van der Waals surface area contributed by atoms with E-state index in [-0.39, 0.29) is 0 Å². The second-order valence-corrected chi connectivity index (χ2v) is 6.08. The van der Waals surface area contributed by atoms with E-state index < -0.39 is 72.7 Å². The van der Waals surface area contributed by atoms with E-state index in [1.807, 2.05) is 0 Å². The van der Waals surface area contributed by atoms with Gasteiger partial charge in [-0.3, -0.25) is 24.0 Å². The first-order valence-electron chi connectivity index (χ1n) is 8.24. The molecule has 13 heteroatoms. The third-order valence-corrected chi connectivity index (χ3v) is 3.58. The van der Waals surface area contributed by atoms with Gasteiger partial charge in [0.25, 0.3) is 0 Å². The monoisotopic (exact) mass is 440 g/mol. The SMILES string of the molecule is CC(=O)O[C@@H]1O[C@H](C(O)OC(=O)CCl)[C@@H](OC(C)=O)[C@H](OC(C)=O)[C@H]1OC(C)=O. The van der Waals surface area contributed by atoms with Crippen molar-refractivity contribution >= 4 is 41.4 Å². The molecule has 0 aliphatic carbocycles. The van der Waals surface area contributed by atoms with Crippen LogP contribution in [0.15, 0.2) is 0 Å². The van der Waals surface area contributed by atoms with E-state index in [9.17, 15) is 29.1 Å². The van der Waals surface area contributed by atoms with Crippen LogP contribution < -0.4 is 0 Å². The lowest BCUT2D eigenvalue weighted by atomic mass is 9.97. The van der Waals surface area contributed by atoms with E-state index >= 15 is 0 Å². The summed E-state index contributed by atoms with van der Waals surface area (Å²) in [5, 5.41) is 10.2. The molecule has 0 amide bonds. The molecule has 1 aliphatic heterocycles. The third-order valence-electron chi connectivity index (χ3n) is 3.36. The minimum absolute atomic E-state index is 0.612. The number of esters is 5. The molecule has 0 bridgehead atoms. The zero-order valence-electron chi connectivity index (χ0n) is 16.0. The molecule has 164 valence electrons. The molecule has 0 aromatic rings. The number of rotatable bonds is 7. The summed E-state index contributed by atoms with van der Waals surface area (Å²) in [6.45, 7) is 4.08. The molecule has 0 spiro atoms. The molecule has 1 aliphatic rings. The summed E-state index contributed by atoms with van der Waals surface area (Å²) in [4.78, 5) is 57.5. The molecule has 29 heavy (non-hydrogen) atoms. The first-order chi connectivity index (χ1) is 13.5. The number of hydrogen-bond acceptors (Lipinski definition) is 12. The fraction of sp³-hybridized carbons (Fsp3) is 0.688. The highest BCUT2D eigenvalue weighted by molar-refractivity contribution is 6.26. The number of alkyl halides is 1. The summed E-state index contributed by atoms with van der Waals surface area (Å²) < 4.78 is 30.2. The normalized spacial score (nSPS) is 27.2. The van der Waals surface area contributed by atoms with Gasteiger partial charge in [-0.05, 0) is 0 Å². The van der Waals surface area contributed by atoms with Gasteiger partial charge in [0.15, 0.2) is 18.3 Å². The van der Waals surface area contributed by atoms with Crippen molar-refractivity contribution in [3.63, 3.8) is 0 Å². The number of aliphatic hydroxyl groups is 1. The van der Waals surface area contributed by atoms with E-state index in [0.717, 1.165) is 27.7 Å². The number of ether oxygens (including phenoxy) is 6. The van der Waals surface area contributed by atoms with Gasteiger partial charge in [0.2, 0.25) is 18.7 Å². The smallest absolute Gasteiger partial charge is 0.323 e. The van der Waals surface area contributed by atoms with Crippen molar-refractivity contribution in [1.29, 1.82) is 0 Å². The van der Waals surface area contributed by atoms with Gasteiger partial charge in [0.05, 0.1) is 0 Å².